The molecule has 0 radical (unpaired) electrons. The van der Waals surface area contributed by atoms with Crippen molar-refractivity contribution in [2.45, 2.75) is 40.5 Å². The van der Waals surface area contributed by atoms with E-state index in [1.54, 1.807) is 0 Å². The van der Waals surface area contributed by atoms with Crippen LogP contribution in [0.15, 0.2) is 66.8 Å². The predicted octanol–water partition coefficient (Wildman–Crippen LogP) is 7.44. The van der Waals surface area contributed by atoms with Gasteiger partial charge in [0.1, 0.15) is 0 Å². The minimum Gasteiger partial charge on any atom is -0.388 e. The van der Waals surface area contributed by atoms with Gasteiger partial charge < -0.3 is 5.32 Å². The normalized spacial score (nSPS) is 13.0. The molecule has 0 aliphatic heterocycles. The summed E-state index contributed by atoms with van der Waals surface area (Å²) in [6.07, 6.45) is 8.86. The summed E-state index contributed by atoms with van der Waals surface area (Å²) in [5.74, 6) is 0. The highest BCUT2D eigenvalue weighted by molar-refractivity contribution is 5.96. The molecule has 2 rings (SSSR count). The van der Waals surface area contributed by atoms with Crippen molar-refractivity contribution >= 4 is 22.4 Å². The SMILES string of the molecule is CC/C=C\C(=C(/C)c1ccccc1)c1ccc(NC)c(/C(C)=C\CC)c1. The van der Waals surface area contributed by atoms with Crippen LogP contribution in [0.2, 0.25) is 0 Å². The summed E-state index contributed by atoms with van der Waals surface area (Å²) in [6.45, 7) is 8.76. The number of nitrogens with one attached hydrogen (secondary N) is 1. The van der Waals surface area contributed by atoms with Crippen LogP contribution in [0.3, 0.4) is 0 Å². The Balaban J connectivity index is 2.65. The Morgan fingerprint density at radius 3 is 2.27 bits per heavy atom. The summed E-state index contributed by atoms with van der Waals surface area (Å²) in [7, 11) is 1.99. The second-order valence-electron chi connectivity index (χ2n) is 6.52. The van der Waals surface area contributed by atoms with Crippen LogP contribution < -0.4 is 5.32 Å². The van der Waals surface area contributed by atoms with Gasteiger partial charge in [-0.2, -0.15) is 0 Å². The molecule has 0 heterocycles. The second-order valence-corrected chi connectivity index (χ2v) is 6.52. The molecule has 1 N–H and O–H groups in total. The van der Waals surface area contributed by atoms with E-state index in [4.69, 9.17) is 0 Å². The fourth-order valence-electron chi connectivity index (χ4n) is 3.19. The van der Waals surface area contributed by atoms with E-state index >= 15 is 0 Å². The number of hydrogen-bond donors (Lipinski definition) is 1. The maximum atomic E-state index is 3.33. The Hall–Kier alpha value is -2.54. The third-order valence-electron chi connectivity index (χ3n) is 4.67. The standard InChI is InChI=1S/C25H31N/c1-6-8-15-23(20(4)21-13-10-9-11-14-21)22-16-17-25(26-5)24(18-22)19(3)12-7-2/h8-18,26H,6-7H2,1-5H3/b15-8-,19-12-,23-20-. The molecular weight excluding hydrogens is 314 g/mol. The van der Waals surface area contributed by atoms with Gasteiger partial charge in [0, 0.05) is 18.3 Å². The van der Waals surface area contributed by atoms with Crippen molar-refractivity contribution in [2.75, 3.05) is 12.4 Å². The topological polar surface area (TPSA) is 12.0 Å². The Morgan fingerprint density at radius 1 is 0.923 bits per heavy atom. The maximum absolute atomic E-state index is 3.33. The zero-order chi connectivity index (χ0) is 18.9. The molecule has 2 aromatic rings. The fraction of sp³-hybridized carbons (Fsp3) is 0.280. The second kappa shape index (κ2) is 9.82. The summed E-state index contributed by atoms with van der Waals surface area (Å²) in [4.78, 5) is 0. The van der Waals surface area contributed by atoms with Crippen molar-refractivity contribution in [3.05, 3.63) is 83.4 Å². The number of benzene rings is 2. The molecule has 0 bridgehead atoms. The van der Waals surface area contributed by atoms with Gasteiger partial charge in [0.05, 0.1) is 0 Å². The molecular formula is C25H31N. The molecule has 0 saturated carbocycles. The Labute approximate surface area is 159 Å². The van der Waals surface area contributed by atoms with Gasteiger partial charge >= 0.3 is 0 Å². The molecule has 1 heteroatoms. The van der Waals surface area contributed by atoms with Crippen molar-refractivity contribution in [1.82, 2.24) is 0 Å². The lowest BCUT2D eigenvalue weighted by molar-refractivity contribution is 1.22. The molecule has 0 aliphatic rings. The average molecular weight is 346 g/mol. The first-order valence-corrected chi connectivity index (χ1v) is 9.54. The van der Waals surface area contributed by atoms with Gasteiger partial charge in [-0.25, -0.2) is 0 Å². The molecule has 136 valence electrons. The molecule has 0 atom stereocenters. The van der Waals surface area contributed by atoms with Crippen molar-refractivity contribution in [2.24, 2.45) is 0 Å². The molecule has 0 aliphatic carbocycles. The lowest BCUT2D eigenvalue weighted by atomic mass is 9.92. The number of hydrogen-bond acceptors (Lipinski definition) is 1. The molecule has 0 spiro atoms. The monoisotopic (exact) mass is 345 g/mol. The van der Waals surface area contributed by atoms with E-state index in [1.165, 1.54) is 39.1 Å². The molecule has 2 aromatic carbocycles. The third-order valence-corrected chi connectivity index (χ3v) is 4.67. The molecule has 0 aromatic heterocycles. The average Bonchev–Trinajstić information content (AvgIpc) is 2.68. The third kappa shape index (κ3) is 4.76. The van der Waals surface area contributed by atoms with Gasteiger partial charge in [-0.1, -0.05) is 68.5 Å². The zero-order valence-electron chi connectivity index (χ0n) is 16.8. The van der Waals surface area contributed by atoms with Gasteiger partial charge in [0.2, 0.25) is 0 Å². The van der Waals surface area contributed by atoms with Crippen LogP contribution in [0.4, 0.5) is 5.69 Å². The zero-order valence-corrected chi connectivity index (χ0v) is 16.8. The van der Waals surface area contributed by atoms with Crippen LogP contribution in [0.25, 0.3) is 16.7 Å². The van der Waals surface area contributed by atoms with Crippen LogP contribution >= 0.6 is 0 Å². The Morgan fingerprint density at radius 2 is 1.65 bits per heavy atom. The highest BCUT2D eigenvalue weighted by Crippen LogP contribution is 2.32. The van der Waals surface area contributed by atoms with Gasteiger partial charge in [-0.15, -0.1) is 0 Å². The van der Waals surface area contributed by atoms with Crippen LogP contribution in [-0.4, -0.2) is 7.05 Å². The molecule has 1 nitrogen and oxygen atoms in total. The summed E-state index contributed by atoms with van der Waals surface area (Å²) in [5.41, 5.74) is 8.87. The number of allylic oxidation sites excluding steroid dienone is 6. The number of rotatable bonds is 7. The quantitative estimate of drug-likeness (QED) is 0.406. The van der Waals surface area contributed by atoms with E-state index in [9.17, 15) is 0 Å². The lowest BCUT2D eigenvalue weighted by Gasteiger charge is -2.15. The first-order valence-electron chi connectivity index (χ1n) is 9.54. The van der Waals surface area contributed by atoms with Gasteiger partial charge in [-0.3, -0.25) is 0 Å². The first-order chi connectivity index (χ1) is 12.6. The summed E-state index contributed by atoms with van der Waals surface area (Å²) >= 11 is 0. The summed E-state index contributed by atoms with van der Waals surface area (Å²) in [5, 5.41) is 3.33. The van der Waals surface area contributed by atoms with Gasteiger partial charge in [-0.05, 0) is 66.7 Å². The summed E-state index contributed by atoms with van der Waals surface area (Å²) in [6, 6.07) is 17.4. The smallest absolute Gasteiger partial charge is 0.0414 e. The molecule has 0 fully saturated rings. The highest BCUT2D eigenvalue weighted by Gasteiger charge is 2.10. The van der Waals surface area contributed by atoms with E-state index in [2.05, 4.69) is 99.8 Å². The van der Waals surface area contributed by atoms with Gasteiger partial charge in [0.25, 0.3) is 0 Å². The lowest BCUT2D eigenvalue weighted by Crippen LogP contribution is -1.96. The Bertz CT molecular complexity index is 807. The first kappa shape index (κ1) is 19.8. The van der Waals surface area contributed by atoms with E-state index in [0.29, 0.717) is 0 Å². The van der Waals surface area contributed by atoms with Crippen LogP contribution in [0, 0.1) is 0 Å². The van der Waals surface area contributed by atoms with Crippen LogP contribution in [-0.2, 0) is 0 Å². The fourth-order valence-corrected chi connectivity index (χ4v) is 3.19. The van der Waals surface area contributed by atoms with E-state index in [0.717, 1.165) is 12.8 Å². The maximum Gasteiger partial charge on any atom is 0.0414 e. The van der Waals surface area contributed by atoms with E-state index in [-0.39, 0.29) is 0 Å². The van der Waals surface area contributed by atoms with Crippen molar-refractivity contribution in [3.63, 3.8) is 0 Å². The molecule has 0 saturated heterocycles. The van der Waals surface area contributed by atoms with E-state index in [1.807, 2.05) is 7.05 Å². The van der Waals surface area contributed by atoms with Crippen LogP contribution in [0.5, 0.6) is 0 Å². The number of anilines is 1. The van der Waals surface area contributed by atoms with Crippen molar-refractivity contribution in [3.8, 4) is 0 Å². The van der Waals surface area contributed by atoms with E-state index < -0.39 is 0 Å². The minimum absolute atomic E-state index is 1.03. The van der Waals surface area contributed by atoms with Crippen LogP contribution in [0.1, 0.15) is 57.2 Å². The minimum atomic E-state index is 1.03. The van der Waals surface area contributed by atoms with Crippen molar-refractivity contribution in [1.29, 1.82) is 0 Å². The summed E-state index contributed by atoms with van der Waals surface area (Å²) < 4.78 is 0. The van der Waals surface area contributed by atoms with Gasteiger partial charge in [0.15, 0.2) is 0 Å². The molecule has 0 unspecified atom stereocenters. The Kier molecular flexibility index (Phi) is 7.47. The predicted molar refractivity (Wildman–Crippen MR) is 118 cm³/mol. The largest absolute Gasteiger partial charge is 0.388 e. The highest BCUT2D eigenvalue weighted by atomic mass is 14.8. The van der Waals surface area contributed by atoms with Crippen molar-refractivity contribution < 1.29 is 0 Å². The molecule has 0 amide bonds. The molecule has 26 heavy (non-hydrogen) atoms.